The summed E-state index contributed by atoms with van der Waals surface area (Å²) in [6.07, 6.45) is 1.32. The van der Waals surface area contributed by atoms with Crippen molar-refractivity contribution in [1.82, 2.24) is 14.9 Å². The molecule has 1 aliphatic heterocycles. The van der Waals surface area contributed by atoms with E-state index in [4.69, 9.17) is 11.6 Å². The summed E-state index contributed by atoms with van der Waals surface area (Å²) >= 11 is 5.83. The molecule has 0 aliphatic carbocycles. The molecule has 31 heavy (non-hydrogen) atoms. The second-order valence-corrected chi connectivity index (χ2v) is 10.00. The Morgan fingerprint density at radius 1 is 1.06 bits per heavy atom. The van der Waals surface area contributed by atoms with E-state index in [9.17, 15) is 18.0 Å². The number of carbonyl (C=O) groups excluding carboxylic acids is 2. The molecule has 0 spiro atoms. The van der Waals surface area contributed by atoms with Gasteiger partial charge in [0.25, 0.3) is 0 Å². The topological polar surface area (TPSA) is 95.6 Å². The van der Waals surface area contributed by atoms with Crippen LogP contribution in [-0.2, 0) is 26.2 Å². The highest BCUT2D eigenvalue weighted by molar-refractivity contribution is 7.89. The van der Waals surface area contributed by atoms with Crippen LogP contribution in [-0.4, -0.2) is 43.7 Å². The molecule has 0 aromatic heterocycles. The highest BCUT2D eigenvalue weighted by atomic mass is 35.5. The van der Waals surface area contributed by atoms with Crippen LogP contribution in [0, 0.1) is 13.8 Å². The normalized spacial score (nSPS) is 16.8. The number of nitrogens with zero attached hydrogens (tertiary/aromatic N) is 1. The Hall–Kier alpha value is -2.42. The van der Waals surface area contributed by atoms with Gasteiger partial charge in [0.15, 0.2) is 0 Å². The fraction of sp³-hybridized carbons (Fsp3) is 0.364. The molecule has 0 unspecified atom stereocenters. The number of sulfonamides is 1. The third-order valence-electron chi connectivity index (χ3n) is 5.32. The number of benzene rings is 2. The lowest BCUT2D eigenvalue weighted by molar-refractivity contribution is -0.139. The van der Waals surface area contributed by atoms with Gasteiger partial charge in [-0.05, 0) is 61.6 Å². The molecule has 1 saturated heterocycles. The van der Waals surface area contributed by atoms with Gasteiger partial charge in [-0.2, -0.15) is 4.31 Å². The minimum Gasteiger partial charge on any atom is -0.346 e. The van der Waals surface area contributed by atoms with E-state index in [-0.39, 0.29) is 18.0 Å². The maximum Gasteiger partial charge on any atom is 0.309 e. The summed E-state index contributed by atoms with van der Waals surface area (Å²) in [5, 5.41) is 5.71. The molecular weight excluding hydrogens is 438 g/mol. The van der Waals surface area contributed by atoms with Crippen molar-refractivity contribution in [2.24, 2.45) is 0 Å². The second-order valence-electron chi connectivity index (χ2n) is 7.70. The largest absolute Gasteiger partial charge is 0.346 e. The average molecular weight is 464 g/mol. The number of rotatable bonds is 6. The van der Waals surface area contributed by atoms with Crippen LogP contribution >= 0.6 is 11.6 Å². The monoisotopic (exact) mass is 463 g/mol. The summed E-state index contributed by atoms with van der Waals surface area (Å²) in [5.74, 6) is -1.55. The zero-order valence-electron chi connectivity index (χ0n) is 17.5. The highest BCUT2D eigenvalue weighted by Crippen LogP contribution is 2.28. The molecule has 0 radical (unpaired) electrons. The van der Waals surface area contributed by atoms with E-state index < -0.39 is 27.9 Å². The smallest absolute Gasteiger partial charge is 0.309 e. The molecule has 1 aliphatic rings. The Balaban J connectivity index is 1.59. The Bertz CT molecular complexity index is 1070. The first-order chi connectivity index (χ1) is 14.7. The van der Waals surface area contributed by atoms with Gasteiger partial charge in [-0.25, -0.2) is 8.42 Å². The van der Waals surface area contributed by atoms with Crippen molar-refractivity contribution in [3.63, 3.8) is 0 Å². The standard InChI is InChI=1S/C22H26ClN3O4S/c1-15-5-6-16(2)20(12-15)31(29,30)26-11-3-4-19(26)14-25-22(28)21(27)24-13-17-7-9-18(23)10-8-17/h5-10,12,19H,3-4,11,13-14H2,1-2H3,(H,24,27)(H,25,28)/t19-/m1/s1. The number of carbonyl (C=O) groups is 2. The lowest BCUT2D eigenvalue weighted by Gasteiger charge is -2.25. The van der Waals surface area contributed by atoms with Crippen molar-refractivity contribution in [3.8, 4) is 0 Å². The van der Waals surface area contributed by atoms with E-state index in [1.54, 1.807) is 43.3 Å². The molecule has 166 valence electrons. The number of hydrogen-bond acceptors (Lipinski definition) is 4. The van der Waals surface area contributed by atoms with E-state index in [0.29, 0.717) is 30.0 Å². The van der Waals surface area contributed by atoms with Crippen molar-refractivity contribution < 1.29 is 18.0 Å². The number of nitrogens with one attached hydrogen (secondary N) is 2. The SMILES string of the molecule is Cc1ccc(C)c(S(=O)(=O)N2CCC[C@@H]2CNC(=O)C(=O)NCc2ccc(Cl)cc2)c1. The molecular formula is C22H26ClN3O4S. The molecule has 2 N–H and O–H groups in total. The van der Waals surface area contributed by atoms with Gasteiger partial charge in [-0.1, -0.05) is 35.9 Å². The molecule has 2 aromatic rings. The molecule has 1 fully saturated rings. The first-order valence-corrected chi connectivity index (χ1v) is 11.9. The van der Waals surface area contributed by atoms with E-state index in [1.807, 2.05) is 13.0 Å². The summed E-state index contributed by atoms with van der Waals surface area (Å²) in [6.45, 7) is 4.28. The van der Waals surface area contributed by atoms with Gasteiger partial charge in [-0.3, -0.25) is 9.59 Å². The molecule has 0 bridgehead atoms. The molecule has 7 nitrogen and oxygen atoms in total. The number of aryl methyl sites for hydroxylation is 2. The van der Waals surface area contributed by atoms with Crippen molar-refractivity contribution >= 4 is 33.4 Å². The van der Waals surface area contributed by atoms with Crippen molar-refractivity contribution in [2.75, 3.05) is 13.1 Å². The number of hydrogen-bond donors (Lipinski definition) is 2. The van der Waals surface area contributed by atoms with Crippen LogP contribution in [0.1, 0.15) is 29.5 Å². The predicted octanol–water partition coefficient (Wildman–Crippen LogP) is 2.54. The van der Waals surface area contributed by atoms with Crippen molar-refractivity contribution in [2.45, 2.75) is 44.2 Å². The third kappa shape index (κ3) is 5.64. The minimum absolute atomic E-state index is 0.0806. The molecule has 2 aromatic carbocycles. The first-order valence-electron chi connectivity index (χ1n) is 10.1. The van der Waals surface area contributed by atoms with E-state index in [2.05, 4.69) is 10.6 Å². The predicted molar refractivity (Wildman–Crippen MR) is 119 cm³/mol. The van der Waals surface area contributed by atoms with Crippen LogP contribution in [0.4, 0.5) is 0 Å². The van der Waals surface area contributed by atoms with Crippen LogP contribution in [0.25, 0.3) is 0 Å². The van der Waals surface area contributed by atoms with Crippen LogP contribution in [0.3, 0.4) is 0 Å². The number of halogens is 1. The Morgan fingerprint density at radius 3 is 2.45 bits per heavy atom. The maximum absolute atomic E-state index is 13.2. The van der Waals surface area contributed by atoms with Crippen LogP contribution in [0.5, 0.6) is 0 Å². The quantitative estimate of drug-likeness (QED) is 0.643. The highest BCUT2D eigenvalue weighted by Gasteiger charge is 2.36. The third-order valence-corrected chi connectivity index (χ3v) is 7.67. The second kappa shape index (κ2) is 9.80. The van der Waals surface area contributed by atoms with Crippen LogP contribution in [0.15, 0.2) is 47.4 Å². The zero-order valence-corrected chi connectivity index (χ0v) is 19.1. The van der Waals surface area contributed by atoms with Gasteiger partial charge in [-0.15, -0.1) is 0 Å². The molecule has 1 atom stereocenters. The van der Waals surface area contributed by atoms with Gasteiger partial charge < -0.3 is 10.6 Å². The number of amides is 2. The van der Waals surface area contributed by atoms with Crippen LogP contribution < -0.4 is 10.6 Å². The summed E-state index contributed by atoms with van der Waals surface area (Å²) in [4.78, 5) is 24.6. The zero-order chi connectivity index (χ0) is 22.6. The van der Waals surface area contributed by atoms with Crippen molar-refractivity contribution in [3.05, 3.63) is 64.2 Å². The summed E-state index contributed by atoms with van der Waals surface area (Å²) < 4.78 is 27.8. The van der Waals surface area contributed by atoms with Crippen molar-refractivity contribution in [1.29, 1.82) is 0 Å². The van der Waals surface area contributed by atoms with Crippen LogP contribution in [0.2, 0.25) is 5.02 Å². The molecule has 2 amide bonds. The van der Waals surface area contributed by atoms with E-state index in [0.717, 1.165) is 11.1 Å². The van der Waals surface area contributed by atoms with Gasteiger partial charge in [0, 0.05) is 30.7 Å². The van der Waals surface area contributed by atoms with Gasteiger partial charge in [0.2, 0.25) is 10.0 Å². The van der Waals surface area contributed by atoms with Gasteiger partial charge >= 0.3 is 11.8 Å². The molecule has 1 heterocycles. The summed E-state index contributed by atoms with van der Waals surface area (Å²) in [7, 11) is -3.69. The molecule has 9 heteroatoms. The Morgan fingerprint density at radius 2 is 1.74 bits per heavy atom. The Labute approximate surface area is 187 Å². The first kappa shape index (κ1) is 23.2. The van der Waals surface area contributed by atoms with Gasteiger partial charge in [0.05, 0.1) is 4.90 Å². The average Bonchev–Trinajstić information content (AvgIpc) is 3.22. The fourth-order valence-corrected chi connectivity index (χ4v) is 5.73. The lowest BCUT2D eigenvalue weighted by Crippen LogP contribution is -2.46. The molecule has 0 saturated carbocycles. The summed E-state index contributed by atoms with van der Waals surface area (Å²) in [6, 6.07) is 11.9. The molecule has 3 rings (SSSR count). The summed E-state index contributed by atoms with van der Waals surface area (Å²) in [5.41, 5.74) is 2.36. The lowest BCUT2D eigenvalue weighted by atomic mass is 10.2. The minimum atomic E-state index is -3.69. The van der Waals surface area contributed by atoms with Gasteiger partial charge in [0.1, 0.15) is 0 Å². The van der Waals surface area contributed by atoms with E-state index in [1.165, 1.54) is 4.31 Å². The van der Waals surface area contributed by atoms with E-state index >= 15 is 0 Å². The maximum atomic E-state index is 13.2. The Kier molecular flexibility index (Phi) is 7.35. The fourth-order valence-electron chi connectivity index (χ4n) is 3.60.